The first kappa shape index (κ1) is 23.9. The van der Waals surface area contributed by atoms with Crippen LogP contribution in [0.1, 0.15) is 46.0 Å². The van der Waals surface area contributed by atoms with E-state index < -0.39 is 0 Å². The number of aliphatic hydroxyl groups excluding tert-OH is 1. The highest BCUT2D eigenvalue weighted by atomic mass is 127. The molecule has 0 amide bonds. The molecule has 2 aliphatic rings. The van der Waals surface area contributed by atoms with Gasteiger partial charge < -0.3 is 20.5 Å². The number of ether oxygens (including phenoxy) is 1. The maximum Gasteiger partial charge on any atom is 0.191 e. The Bertz CT molecular complexity index is 414. The normalized spacial score (nSPS) is 27.4. The molecule has 2 heterocycles. The molecule has 2 rings (SSSR count). The van der Waals surface area contributed by atoms with E-state index >= 15 is 0 Å². The minimum atomic E-state index is 0. The van der Waals surface area contributed by atoms with E-state index in [2.05, 4.69) is 34.4 Å². The Balaban J connectivity index is 0.00000338. The molecule has 0 radical (unpaired) electrons. The fraction of sp³-hybridized carbons (Fsp3) is 0.947. The molecule has 2 unspecified atom stereocenters. The molecule has 2 atom stereocenters. The number of halogens is 1. The standard InChI is InChI=1S/C19H38N4O2.HI/c1-16(2)13-23-9-5-4-6-17(23)12-21-18(20-3)22-14-19(7-10-24)8-11-25-15-19;/h16-17,24H,4-15H2,1-3H3,(H2,20,21,22);1H. The molecule has 6 nitrogen and oxygen atoms in total. The first-order valence-corrected chi connectivity index (χ1v) is 9.96. The second-order valence-corrected chi connectivity index (χ2v) is 8.12. The Labute approximate surface area is 176 Å². The summed E-state index contributed by atoms with van der Waals surface area (Å²) in [6, 6.07) is 0.593. The van der Waals surface area contributed by atoms with Crippen molar-refractivity contribution in [3.63, 3.8) is 0 Å². The highest BCUT2D eigenvalue weighted by Crippen LogP contribution is 2.31. The van der Waals surface area contributed by atoms with Crippen molar-refractivity contribution in [3.05, 3.63) is 0 Å². The third-order valence-electron chi connectivity index (χ3n) is 5.54. The molecule has 2 fully saturated rings. The molecule has 0 bridgehead atoms. The topological polar surface area (TPSA) is 69.1 Å². The van der Waals surface area contributed by atoms with Gasteiger partial charge in [-0.3, -0.25) is 9.89 Å². The van der Waals surface area contributed by atoms with E-state index in [0.717, 1.165) is 45.1 Å². The highest BCUT2D eigenvalue weighted by Gasteiger charge is 2.34. The molecule has 2 aliphatic heterocycles. The van der Waals surface area contributed by atoms with E-state index in [4.69, 9.17) is 4.74 Å². The molecule has 0 aromatic heterocycles. The summed E-state index contributed by atoms with van der Waals surface area (Å²) in [6.07, 6.45) is 5.69. The third-order valence-corrected chi connectivity index (χ3v) is 5.54. The van der Waals surface area contributed by atoms with E-state index in [-0.39, 0.29) is 36.0 Å². The molecular weight excluding hydrogens is 443 g/mol. The van der Waals surface area contributed by atoms with Crippen LogP contribution in [-0.2, 0) is 4.74 Å². The summed E-state index contributed by atoms with van der Waals surface area (Å²) in [4.78, 5) is 7.01. The maximum absolute atomic E-state index is 9.35. The number of rotatable bonds is 8. The van der Waals surface area contributed by atoms with Crippen LogP contribution in [-0.4, -0.2) is 75.1 Å². The third kappa shape index (κ3) is 7.48. The second kappa shape index (κ2) is 12.4. The van der Waals surface area contributed by atoms with Crippen molar-refractivity contribution in [1.82, 2.24) is 15.5 Å². The van der Waals surface area contributed by atoms with Gasteiger partial charge in [-0.2, -0.15) is 0 Å². The lowest BCUT2D eigenvalue weighted by atomic mass is 9.84. The van der Waals surface area contributed by atoms with Crippen LogP contribution in [0, 0.1) is 11.3 Å². The van der Waals surface area contributed by atoms with Crippen LogP contribution >= 0.6 is 24.0 Å². The van der Waals surface area contributed by atoms with E-state index in [0.29, 0.717) is 12.0 Å². The number of likely N-dealkylation sites (tertiary alicyclic amines) is 1. The van der Waals surface area contributed by atoms with Gasteiger partial charge in [0.1, 0.15) is 0 Å². The number of nitrogens with one attached hydrogen (secondary N) is 2. The van der Waals surface area contributed by atoms with Crippen molar-refractivity contribution in [2.24, 2.45) is 16.3 Å². The van der Waals surface area contributed by atoms with Crippen molar-refractivity contribution >= 4 is 29.9 Å². The summed E-state index contributed by atoms with van der Waals surface area (Å²) < 4.78 is 5.57. The minimum absolute atomic E-state index is 0. The molecule has 0 aromatic rings. The van der Waals surface area contributed by atoms with Crippen LogP contribution in [0.3, 0.4) is 0 Å². The van der Waals surface area contributed by atoms with Crippen LogP contribution in [0.5, 0.6) is 0 Å². The number of hydrogen-bond acceptors (Lipinski definition) is 4. The first-order valence-electron chi connectivity index (χ1n) is 9.96. The van der Waals surface area contributed by atoms with Gasteiger partial charge in [-0.05, 0) is 38.1 Å². The second-order valence-electron chi connectivity index (χ2n) is 8.12. The van der Waals surface area contributed by atoms with Crippen LogP contribution in [0.25, 0.3) is 0 Å². The minimum Gasteiger partial charge on any atom is -0.396 e. The Morgan fingerprint density at radius 3 is 2.77 bits per heavy atom. The van der Waals surface area contributed by atoms with Crippen molar-refractivity contribution in [2.75, 3.05) is 53.0 Å². The smallest absolute Gasteiger partial charge is 0.191 e. The van der Waals surface area contributed by atoms with Gasteiger partial charge in [-0.1, -0.05) is 20.3 Å². The average molecular weight is 482 g/mol. The zero-order valence-electron chi connectivity index (χ0n) is 16.8. The van der Waals surface area contributed by atoms with Gasteiger partial charge in [0, 0.05) is 51.4 Å². The first-order chi connectivity index (χ1) is 12.1. The van der Waals surface area contributed by atoms with E-state index in [1.807, 2.05) is 7.05 Å². The van der Waals surface area contributed by atoms with Gasteiger partial charge in [-0.15, -0.1) is 24.0 Å². The maximum atomic E-state index is 9.35. The number of hydrogen-bond donors (Lipinski definition) is 3. The summed E-state index contributed by atoms with van der Waals surface area (Å²) in [5.41, 5.74) is 0.0425. The molecule has 0 saturated carbocycles. The number of nitrogens with zero attached hydrogens (tertiary/aromatic N) is 2. The van der Waals surface area contributed by atoms with E-state index in [1.54, 1.807) is 0 Å². The van der Waals surface area contributed by atoms with Gasteiger partial charge in [0.2, 0.25) is 0 Å². The Morgan fingerprint density at radius 1 is 1.35 bits per heavy atom. The summed E-state index contributed by atoms with van der Waals surface area (Å²) in [5, 5.41) is 16.3. The summed E-state index contributed by atoms with van der Waals surface area (Å²) in [7, 11) is 1.83. The summed E-state index contributed by atoms with van der Waals surface area (Å²) in [6.45, 7) is 10.5. The van der Waals surface area contributed by atoms with Gasteiger partial charge in [-0.25, -0.2) is 0 Å². The predicted octanol–water partition coefficient (Wildman–Crippen LogP) is 2.07. The molecule has 2 saturated heterocycles. The number of guanidine groups is 1. The van der Waals surface area contributed by atoms with Crippen LogP contribution in [0.15, 0.2) is 4.99 Å². The predicted molar refractivity (Wildman–Crippen MR) is 118 cm³/mol. The fourth-order valence-corrected chi connectivity index (χ4v) is 4.02. The Hall–Kier alpha value is -0.120. The van der Waals surface area contributed by atoms with E-state index in [1.165, 1.54) is 32.4 Å². The molecule has 0 aliphatic carbocycles. The molecule has 154 valence electrons. The van der Waals surface area contributed by atoms with Gasteiger partial charge in [0.05, 0.1) is 6.61 Å². The monoisotopic (exact) mass is 482 g/mol. The number of aliphatic imine (C=N–C) groups is 1. The lowest BCUT2D eigenvalue weighted by molar-refractivity contribution is 0.126. The van der Waals surface area contributed by atoms with Crippen molar-refractivity contribution in [1.29, 1.82) is 0 Å². The fourth-order valence-electron chi connectivity index (χ4n) is 4.02. The van der Waals surface area contributed by atoms with Crippen molar-refractivity contribution in [3.8, 4) is 0 Å². The summed E-state index contributed by atoms with van der Waals surface area (Å²) >= 11 is 0. The zero-order valence-corrected chi connectivity index (χ0v) is 19.1. The molecule has 0 aromatic carbocycles. The molecule has 7 heteroatoms. The van der Waals surface area contributed by atoms with Crippen LogP contribution < -0.4 is 10.6 Å². The number of piperidine rings is 1. The highest BCUT2D eigenvalue weighted by molar-refractivity contribution is 14.0. The zero-order chi connectivity index (χ0) is 18.1. The lowest BCUT2D eigenvalue weighted by Crippen LogP contribution is -2.51. The van der Waals surface area contributed by atoms with Crippen molar-refractivity contribution < 1.29 is 9.84 Å². The average Bonchev–Trinajstić information content (AvgIpc) is 3.05. The Morgan fingerprint density at radius 2 is 2.15 bits per heavy atom. The van der Waals surface area contributed by atoms with Crippen molar-refractivity contribution in [2.45, 2.75) is 52.0 Å². The van der Waals surface area contributed by atoms with Gasteiger partial charge in [0.25, 0.3) is 0 Å². The molecule has 0 spiro atoms. The number of aliphatic hydroxyl groups is 1. The quantitative estimate of drug-likeness (QED) is 0.281. The molecule has 3 N–H and O–H groups in total. The summed E-state index contributed by atoms with van der Waals surface area (Å²) in [5.74, 6) is 1.57. The lowest BCUT2D eigenvalue weighted by Gasteiger charge is -2.37. The molecule has 26 heavy (non-hydrogen) atoms. The van der Waals surface area contributed by atoms with E-state index in [9.17, 15) is 5.11 Å². The molecular formula is C19H39IN4O2. The van der Waals surface area contributed by atoms with Gasteiger partial charge >= 0.3 is 0 Å². The van der Waals surface area contributed by atoms with Crippen LogP contribution in [0.4, 0.5) is 0 Å². The SMILES string of the molecule is CN=C(NCC1CCCCN1CC(C)C)NCC1(CCO)CCOC1.I. The largest absolute Gasteiger partial charge is 0.396 e. The van der Waals surface area contributed by atoms with Crippen LogP contribution in [0.2, 0.25) is 0 Å². The Kier molecular flexibility index (Phi) is 11.4. The van der Waals surface area contributed by atoms with Gasteiger partial charge in [0.15, 0.2) is 5.96 Å².